The van der Waals surface area contributed by atoms with Gasteiger partial charge >= 0.3 is 0 Å². The van der Waals surface area contributed by atoms with E-state index in [2.05, 4.69) is 27.8 Å². The van der Waals surface area contributed by atoms with Gasteiger partial charge in [-0.05, 0) is 80.2 Å². The lowest BCUT2D eigenvalue weighted by Crippen LogP contribution is -2.34. The molecule has 4 aromatic rings. The molecule has 1 amide bonds. The van der Waals surface area contributed by atoms with Gasteiger partial charge in [-0.3, -0.25) is 10.1 Å². The lowest BCUT2D eigenvalue weighted by Gasteiger charge is -2.13. The van der Waals surface area contributed by atoms with E-state index in [0.717, 1.165) is 23.4 Å². The van der Waals surface area contributed by atoms with E-state index >= 15 is 0 Å². The largest absolute Gasteiger partial charge is 0.491 e. The number of para-hydroxylation sites is 1. The lowest BCUT2D eigenvalue weighted by molar-refractivity contribution is 0.0977. The van der Waals surface area contributed by atoms with Gasteiger partial charge in [0.15, 0.2) is 5.11 Å². The summed E-state index contributed by atoms with van der Waals surface area (Å²) in [6, 6.07) is 22.2. The number of nitrogens with one attached hydrogen (secondary N) is 2. The molecule has 0 aliphatic rings. The summed E-state index contributed by atoms with van der Waals surface area (Å²) in [4.78, 5) is 14.1. The summed E-state index contributed by atoms with van der Waals surface area (Å²) in [6.07, 6.45) is 1.04. The second-order valence-electron chi connectivity index (χ2n) is 7.30. The Hall–Kier alpha value is -3.78. The molecule has 0 saturated heterocycles. The zero-order valence-electron chi connectivity index (χ0n) is 17.8. The number of amides is 1. The van der Waals surface area contributed by atoms with Crippen molar-refractivity contribution in [3.63, 3.8) is 0 Å². The Kier molecular flexibility index (Phi) is 6.42. The van der Waals surface area contributed by atoms with Crippen molar-refractivity contribution in [2.24, 2.45) is 0 Å². The monoisotopic (exact) mass is 445 g/mol. The highest BCUT2D eigenvalue weighted by Gasteiger charge is 2.10. The smallest absolute Gasteiger partial charge is 0.257 e. The van der Waals surface area contributed by atoms with Gasteiger partial charge in [0.05, 0.1) is 11.8 Å². The van der Waals surface area contributed by atoms with Crippen molar-refractivity contribution in [3.8, 4) is 11.4 Å². The maximum Gasteiger partial charge on any atom is 0.257 e. The molecule has 0 spiro atoms. The fraction of sp³-hybridized carbons (Fsp3) is 0.167. The Morgan fingerprint density at radius 2 is 1.75 bits per heavy atom. The molecule has 0 aliphatic heterocycles. The average molecular weight is 446 g/mol. The highest BCUT2D eigenvalue weighted by Crippen LogP contribution is 2.18. The molecular weight excluding hydrogens is 422 g/mol. The third kappa shape index (κ3) is 5.09. The maximum atomic E-state index is 12.5. The fourth-order valence-corrected chi connectivity index (χ4v) is 3.22. The van der Waals surface area contributed by atoms with E-state index in [1.54, 1.807) is 29.1 Å². The van der Waals surface area contributed by atoms with E-state index in [9.17, 15) is 4.79 Å². The Bertz CT molecular complexity index is 1240. The normalized spacial score (nSPS) is 11.7. The number of rotatable bonds is 6. The van der Waals surface area contributed by atoms with Crippen LogP contribution in [0.15, 0.2) is 72.8 Å². The minimum Gasteiger partial charge on any atom is -0.491 e. The SMILES string of the molecule is CC[C@@H](C)Oc1ccc(C(=O)NC(=S)Nc2ccc3nn(-c4ccccc4)nc3c2)cc1. The second-order valence-corrected chi connectivity index (χ2v) is 7.71. The van der Waals surface area contributed by atoms with E-state index in [1.807, 2.05) is 55.5 Å². The molecule has 0 bridgehead atoms. The van der Waals surface area contributed by atoms with Crippen LogP contribution in [0.1, 0.15) is 30.6 Å². The van der Waals surface area contributed by atoms with Crippen molar-refractivity contribution in [2.45, 2.75) is 26.4 Å². The van der Waals surface area contributed by atoms with Crippen LogP contribution >= 0.6 is 12.2 Å². The Labute approximate surface area is 191 Å². The van der Waals surface area contributed by atoms with Crippen molar-refractivity contribution in [1.82, 2.24) is 20.3 Å². The molecule has 0 fully saturated rings. The third-order valence-corrected chi connectivity index (χ3v) is 5.09. The molecule has 0 unspecified atom stereocenters. The average Bonchev–Trinajstić information content (AvgIpc) is 3.23. The van der Waals surface area contributed by atoms with Crippen molar-refractivity contribution >= 4 is 40.0 Å². The van der Waals surface area contributed by atoms with E-state index < -0.39 is 0 Å². The third-order valence-electron chi connectivity index (χ3n) is 4.88. The minimum absolute atomic E-state index is 0.123. The molecule has 4 rings (SSSR count). The van der Waals surface area contributed by atoms with Gasteiger partial charge in [-0.2, -0.15) is 4.80 Å². The van der Waals surface area contributed by atoms with Gasteiger partial charge in [0.1, 0.15) is 16.8 Å². The number of hydrogen-bond donors (Lipinski definition) is 2. The van der Waals surface area contributed by atoms with Crippen LogP contribution in [-0.4, -0.2) is 32.1 Å². The first-order valence-electron chi connectivity index (χ1n) is 10.3. The quantitative estimate of drug-likeness (QED) is 0.418. The number of aromatic nitrogens is 3. The van der Waals surface area contributed by atoms with Gasteiger partial charge in [0.2, 0.25) is 0 Å². The molecule has 2 N–H and O–H groups in total. The molecule has 1 heterocycles. The summed E-state index contributed by atoms with van der Waals surface area (Å²) in [5.74, 6) is 0.433. The zero-order valence-corrected chi connectivity index (χ0v) is 18.6. The van der Waals surface area contributed by atoms with E-state index in [-0.39, 0.29) is 17.1 Å². The van der Waals surface area contributed by atoms with Crippen LogP contribution in [0.2, 0.25) is 0 Å². The van der Waals surface area contributed by atoms with Gasteiger partial charge < -0.3 is 10.1 Å². The Morgan fingerprint density at radius 3 is 2.47 bits per heavy atom. The number of anilines is 1. The molecule has 1 aromatic heterocycles. The van der Waals surface area contributed by atoms with Crippen LogP contribution in [0.4, 0.5) is 5.69 Å². The molecule has 7 nitrogen and oxygen atoms in total. The van der Waals surface area contributed by atoms with Crippen LogP contribution in [0.5, 0.6) is 5.75 Å². The predicted molar refractivity (Wildman–Crippen MR) is 129 cm³/mol. The number of thiocarbonyl (C=S) groups is 1. The van der Waals surface area contributed by atoms with Gasteiger partial charge in [0.25, 0.3) is 5.91 Å². The summed E-state index contributed by atoms with van der Waals surface area (Å²) < 4.78 is 5.74. The van der Waals surface area contributed by atoms with E-state index in [0.29, 0.717) is 16.8 Å². The second kappa shape index (κ2) is 9.57. The number of benzene rings is 3. The zero-order chi connectivity index (χ0) is 22.5. The molecule has 0 radical (unpaired) electrons. The number of nitrogens with zero attached hydrogens (tertiary/aromatic N) is 3. The molecule has 8 heteroatoms. The molecular formula is C24H23N5O2S. The van der Waals surface area contributed by atoms with E-state index in [4.69, 9.17) is 17.0 Å². The molecule has 162 valence electrons. The summed E-state index contributed by atoms with van der Waals surface area (Å²) >= 11 is 5.31. The highest BCUT2D eigenvalue weighted by atomic mass is 32.1. The van der Waals surface area contributed by atoms with Crippen LogP contribution < -0.4 is 15.4 Å². The van der Waals surface area contributed by atoms with Crippen molar-refractivity contribution in [2.75, 3.05) is 5.32 Å². The summed E-state index contributed by atoms with van der Waals surface area (Å²) in [5.41, 5.74) is 3.55. The van der Waals surface area contributed by atoms with Crippen molar-refractivity contribution in [3.05, 3.63) is 78.4 Å². The van der Waals surface area contributed by atoms with Crippen molar-refractivity contribution in [1.29, 1.82) is 0 Å². The van der Waals surface area contributed by atoms with Gasteiger partial charge in [-0.15, -0.1) is 10.2 Å². The molecule has 0 saturated carbocycles. The van der Waals surface area contributed by atoms with Crippen LogP contribution in [-0.2, 0) is 0 Å². The first-order chi connectivity index (χ1) is 15.5. The maximum absolute atomic E-state index is 12.5. The lowest BCUT2D eigenvalue weighted by atomic mass is 10.2. The number of carbonyl (C=O) groups excluding carboxylic acids is 1. The van der Waals surface area contributed by atoms with Crippen LogP contribution in [0.25, 0.3) is 16.7 Å². The number of hydrogen-bond acceptors (Lipinski definition) is 5. The van der Waals surface area contributed by atoms with Gasteiger partial charge in [0, 0.05) is 11.3 Å². The number of ether oxygens (including phenoxy) is 1. The van der Waals surface area contributed by atoms with Crippen LogP contribution in [0.3, 0.4) is 0 Å². The first-order valence-corrected chi connectivity index (χ1v) is 10.7. The predicted octanol–water partition coefficient (Wildman–Crippen LogP) is 4.72. The summed E-state index contributed by atoms with van der Waals surface area (Å²) in [7, 11) is 0. The topological polar surface area (TPSA) is 81.1 Å². The van der Waals surface area contributed by atoms with Crippen molar-refractivity contribution < 1.29 is 9.53 Å². The van der Waals surface area contributed by atoms with E-state index in [1.165, 1.54) is 0 Å². The molecule has 3 aromatic carbocycles. The molecule has 1 atom stereocenters. The Morgan fingerprint density at radius 1 is 1.03 bits per heavy atom. The summed E-state index contributed by atoms with van der Waals surface area (Å²) in [5, 5.41) is 14.9. The fourth-order valence-electron chi connectivity index (χ4n) is 3.01. The van der Waals surface area contributed by atoms with Gasteiger partial charge in [-0.1, -0.05) is 25.1 Å². The number of fused-ring (bicyclic) bond motifs is 1. The van der Waals surface area contributed by atoms with Crippen LogP contribution in [0, 0.1) is 0 Å². The minimum atomic E-state index is -0.298. The first kappa shape index (κ1) is 21.5. The number of carbonyl (C=O) groups is 1. The van der Waals surface area contributed by atoms with Gasteiger partial charge in [-0.25, -0.2) is 0 Å². The molecule has 32 heavy (non-hydrogen) atoms. The standard InChI is InChI=1S/C24H23N5O2S/c1-3-16(2)31-20-12-9-17(10-13-20)23(30)26-24(32)25-18-11-14-21-22(15-18)28-29(27-21)19-7-5-4-6-8-19/h4-16H,3H2,1-2H3,(H2,25,26,30,32)/t16-/m1/s1. The molecule has 0 aliphatic carbocycles. The Balaban J connectivity index is 1.39. The highest BCUT2D eigenvalue weighted by molar-refractivity contribution is 7.80. The summed E-state index contributed by atoms with van der Waals surface area (Å²) in [6.45, 7) is 4.06.